The molecule has 1 aliphatic heterocycles. The van der Waals surface area contributed by atoms with Gasteiger partial charge in [0, 0.05) is 6.54 Å². The summed E-state index contributed by atoms with van der Waals surface area (Å²) < 4.78 is 5.15. The van der Waals surface area contributed by atoms with Crippen molar-refractivity contribution in [2.75, 3.05) is 20.0 Å². The highest BCUT2D eigenvalue weighted by molar-refractivity contribution is 8.13. The van der Waals surface area contributed by atoms with Crippen LogP contribution >= 0.6 is 11.8 Å². The Morgan fingerprint density at radius 3 is 2.61 bits per heavy atom. The number of nitrogens with zero attached hydrogens (tertiary/aromatic N) is 3. The van der Waals surface area contributed by atoms with Crippen molar-refractivity contribution in [2.24, 2.45) is 9.98 Å². The normalized spacial score (nSPS) is 15.2. The maximum absolute atomic E-state index is 5.15. The van der Waals surface area contributed by atoms with Crippen LogP contribution in [0.3, 0.4) is 0 Å². The quantitative estimate of drug-likeness (QED) is 0.841. The van der Waals surface area contributed by atoms with Crippen LogP contribution in [0.25, 0.3) is 0 Å². The number of amidine groups is 2. The average Bonchev–Trinajstić information content (AvgIpc) is 2.42. The number of methoxy groups -OCH3 is 1. The highest BCUT2D eigenvalue weighted by Crippen LogP contribution is 2.15. The molecule has 18 heavy (non-hydrogen) atoms. The van der Waals surface area contributed by atoms with Gasteiger partial charge in [-0.1, -0.05) is 23.9 Å². The van der Waals surface area contributed by atoms with Gasteiger partial charge in [0.15, 0.2) is 5.17 Å². The third-order valence-corrected chi connectivity index (χ3v) is 3.39. The smallest absolute Gasteiger partial charge is 0.186 e. The van der Waals surface area contributed by atoms with Gasteiger partial charge in [-0.15, -0.1) is 0 Å². The van der Waals surface area contributed by atoms with Gasteiger partial charge in [0.25, 0.3) is 0 Å². The monoisotopic (exact) mass is 263 g/mol. The number of hydrogen-bond acceptors (Lipinski definition) is 5. The minimum absolute atomic E-state index is 0.678. The molecule has 1 aromatic rings. The van der Waals surface area contributed by atoms with Gasteiger partial charge >= 0.3 is 0 Å². The van der Waals surface area contributed by atoms with Crippen LogP contribution in [0.1, 0.15) is 12.5 Å². The van der Waals surface area contributed by atoms with Crippen LogP contribution in [0.5, 0.6) is 5.75 Å². The van der Waals surface area contributed by atoms with E-state index in [0.29, 0.717) is 6.67 Å². The lowest BCUT2D eigenvalue weighted by atomic mass is 10.2. The van der Waals surface area contributed by atoms with E-state index in [-0.39, 0.29) is 0 Å². The fourth-order valence-electron chi connectivity index (χ4n) is 1.72. The molecule has 1 aromatic carbocycles. The van der Waals surface area contributed by atoms with E-state index in [1.807, 2.05) is 25.3 Å². The van der Waals surface area contributed by atoms with Crippen molar-refractivity contribution in [3.63, 3.8) is 0 Å². The molecule has 0 aliphatic carbocycles. The van der Waals surface area contributed by atoms with Crippen LogP contribution in [-0.2, 0) is 6.54 Å². The first-order chi connectivity index (χ1) is 8.72. The second-order valence-corrected chi connectivity index (χ2v) is 4.76. The van der Waals surface area contributed by atoms with Crippen molar-refractivity contribution in [3.05, 3.63) is 29.8 Å². The molecule has 2 rings (SSSR count). The molecule has 4 nitrogen and oxygen atoms in total. The van der Waals surface area contributed by atoms with Crippen LogP contribution in [-0.4, -0.2) is 35.9 Å². The molecule has 1 heterocycles. The predicted octanol–water partition coefficient (Wildman–Crippen LogP) is 2.61. The van der Waals surface area contributed by atoms with Gasteiger partial charge in [0.05, 0.1) is 7.11 Å². The molecule has 0 atom stereocenters. The Hall–Kier alpha value is -1.49. The van der Waals surface area contributed by atoms with Crippen molar-refractivity contribution in [3.8, 4) is 5.75 Å². The maximum Gasteiger partial charge on any atom is 0.186 e. The molecule has 0 aromatic heterocycles. The summed E-state index contributed by atoms with van der Waals surface area (Å²) in [6.07, 6.45) is 1.99. The first-order valence-corrected chi connectivity index (χ1v) is 6.97. The fraction of sp³-hybridized carbons (Fsp3) is 0.385. The van der Waals surface area contributed by atoms with Gasteiger partial charge in [0.1, 0.15) is 18.3 Å². The second kappa shape index (κ2) is 5.91. The van der Waals surface area contributed by atoms with Gasteiger partial charge in [-0.25, -0.2) is 9.98 Å². The average molecular weight is 263 g/mol. The van der Waals surface area contributed by atoms with Crippen molar-refractivity contribution in [1.29, 1.82) is 0 Å². The number of hydrogen-bond donors (Lipinski definition) is 0. The van der Waals surface area contributed by atoms with E-state index in [4.69, 9.17) is 4.74 Å². The fourth-order valence-corrected chi connectivity index (χ4v) is 2.13. The van der Waals surface area contributed by atoms with E-state index >= 15 is 0 Å². The number of thioether (sulfide) groups is 1. The number of benzene rings is 1. The van der Waals surface area contributed by atoms with E-state index in [9.17, 15) is 0 Å². The van der Waals surface area contributed by atoms with Gasteiger partial charge in [-0.2, -0.15) is 0 Å². The van der Waals surface area contributed by atoms with Crippen LogP contribution in [0.15, 0.2) is 34.3 Å². The molecule has 0 saturated heterocycles. The molecule has 0 unspecified atom stereocenters. The molecular formula is C13H17N3OS. The lowest BCUT2D eigenvalue weighted by Gasteiger charge is -2.25. The Balaban J connectivity index is 2.02. The van der Waals surface area contributed by atoms with Crippen molar-refractivity contribution < 1.29 is 4.74 Å². The largest absolute Gasteiger partial charge is 0.497 e. The molecule has 1 aliphatic rings. The van der Waals surface area contributed by atoms with E-state index in [1.165, 1.54) is 5.56 Å². The summed E-state index contributed by atoms with van der Waals surface area (Å²) in [6, 6.07) is 8.09. The molecular weight excluding hydrogens is 246 g/mol. The number of rotatable bonds is 3. The topological polar surface area (TPSA) is 37.2 Å². The van der Waals surface area contributed by atoms with Crippen molar-refractivity contribution >= 4 is 22.8 Å². The molecule has 0 spiro atoms. The first kappa shape index (κ1) is 13.0. The zero-order valence-corrected chi connectivity index (χ0v) is 11.7. The second-order valence-electron chi connectivity index (χ2n) is 3.99. The molecule has 0 saturated carbocycles. The molecule has 0 amide bonds. The summed E-state index contributed by atoms with van der Waals surface area (Å²) in [7, 11) is 1.68. The number of aliphatic imine (C=N–C) groups is 2. The van der Waals surface area contributed by atoms with E-state index in [2.05, 4.69) is 27.0 Å². The van der Waals surface area contributed by atoms with E-state index < -0.39 is 0 Å². The summed E-state index contributed by atoms with van der Waals surface area (Å²) in [5.41, 5.74) is 1.23. The number of ether oxygens (including phenoxy) is 1. The Morgan fingerprint density at radius 1 is 1.33 bits per heavy atom. The molecule has 0 radical (unpaired) electrons. The highest BCUT2D eigenvalue weighted by atomic mass is 32.2. The summed E-state index contributed by atoms with van der Waals surface area (Å²) in [6.45, 7) is 3.52. The Morgan fingerprint density at radius 2 is 2.06 bits per heavy atom. The Kier molecular flexibility index (Phi) is 4.25. The third kappa shape index (κ3) is 3.04. The molecule has 0 N–H and O–H groups in total. The van der Waals surface area contributed by atoms with Crippen molar-refractivity contribution in [2.45, 2.75) is 13.5 Å². The third-order valence-electron chi connectivity index (χ3n) is 2.81. The minimum atomic E-state index is 0.678. The van der Waals surface area contributed by atoms with Crippen LogP contribution < -0.4 is 4.74 Å². The molecule has 96 valence electrons. The molecule has 5 heteroatoms. The van der Waals surface area contributed by atoms with Gasteiger partial charge in [0.2, 0.25) is 0 Å². The summed E-state index contributed by atoms with van der Waals surface area (Å²) in [5, 5.41) is 0.860. The zero-order valence-electron chi connectivity index (χ0n) is 10.9. The van der Waals surface area contributed by atoms with Gasteiger partial charge in [-0.3, -0.25) is 0 Å². The summed E-state index contributed by atoms with van der Waals surface area (Å²) in [4.78, 5) is 11.0. The Labute approximate surface area is 112 Å². The maximum atomic E-state index is 5.15. The minimum Gasteiger partial charge on any atom is -0.497 e. The van der Waals surface area contributed by atoms with Crippen LogP contribution in [0.2, 0.25) is 0 Å². The highest BCUT2D eigenvalue weighted by Gasteiger charge is 2.13. The van der Waals surface area contributed by atoms with Crippen LogP contribution in [0, 0.1) is 0 Å². The molecule has 0 bridgehead atoms. The van der Waals surface area contributed by atoms with Gasteiger partial charge < -0.3 is 9.64 Å². The van der Waals surface area contributed by atoms with Crippen molar-refractivity contribution in [1.82, 2.24) is 4.90 Å². The zero-order chi connectivity index (χ0) is 13.0. The van der Waals surface area contributed by atoms with E-state index in [1.54, 1.807) is 18.9 Å². The van der Waals surface area contributed by atoms with E-state index in [0.717, 1.165) is 23.3 Å². The van der Waals surface area contributed by atoms with Crippen LogP contribution in [0.4, 0.5) is 0 Å². The SMILES string of the molecule is COc1ccc(CN2CN=C(SC)N=C2C)cc1. The Bertz CT molecular complexity index is 468. The molecule has 0 fully saturated rings. The summed E-state index contributed by atoms with van der Waals surface area (Å²) >= 11 is 1.58. The lowest BCUT2D eigenvalue weighted by Crippen LogP contribution is -2.32. The lowest BCUT2D eigenvalue weighted by molar-refractivity contribution is 0.410. The first-order valence-electron chi connectivity index (χ1n) is 5.74. The predicted molar refractivity (Wildman–Crippen MR) is 77.5 cm³/mol. The van der Waals surface area contributed by atoms with Gasteiger partial charge in [-0.05, 0) is 30.9 Å². The summed E-state index contributed by atoms with van der Waals surface area (Å²) in [5.74, 6) is 1.90. The standard InChI is InChI=1S/C13H17N3OS/c1-10-15-13(18-3)14-9-16(10)8-11-4-6-12(17-2)7-5-11/h4-7H,8-9H2,1-3H3.